The summed E-state index contributed by atoms with van der Waals surface area (Å²) < 4.78 is 15.4. The summed E-state index contributed by atoms with van der Waals surface area (Å²) in [6, 6.07) is 3.91. The molecule has 1 rings (SSSR count). The summed E-state index contributed by atoms with van der Waals surface area (Å²) in [6.45, 7) is 2.68. The summed E-state index contributed by atoms with van der Waals surface area (Å²) in [5.41, 5.74) is 0. The number of furan rings is 1. The van der Waals surface area contributed by atoms with Crippen LogP contribution >= 0.6 is 0 Å². The predicted molar refractivity (Wildman–Crippen MR) is 52.8 cm³/mol. The maximum Gasteiger partial charge on any atom is 0.171 e. The molecular formula is C10H17NO3. The lowest BCUT2D eigenvalue weighted by Gasteiger charge is -2.21. The third-order valence-corrected chi connectivity index (χ3v) is 2.05. The molecule has 0 fully saturated rings. The van der Waals surface area contributed by atoms with E-state index < -0.39 is 0 Å². The smallest absolute Gasteiger partial charge is 0.171 e. The summed E-state index contributed by atoms with van der Waals surface area (Å²) in [5, 5.41) is 3.24. The number of hydrogen-bond donors (Lipinski definition) is 1. The van der Waals surface area contributed by atoms with Gasteiger partial charge in [0.25, 0.3) is 0 Å². The SMILES string of the molecule is COC(OC)C(C)NCc1ccco1. The van der Waals surface area contributed by atoms with Gasteiger partial charge in [-0.05, 0) is 19.1 Å². The van der Waals surface area contributed by atoms with E-state index >= 15 is 0 Å². The second-order valence-electron chi connectivity index (χ2n) is 3.09. The van der Waals surface area contributed by atoms with E-state index in [4.69, 9.17) is 13.9 Å². The van der Waals surface area contributed by atoms with Gasteiger partial charge in [-0.1, -0.05) is 0 Å². The zero-order valence-electron chi connectivity index (χ0n) is 8.82. The van der Waals surface area contributed by atoms with Crippen LogP contribution in [0.3, 0.4) is 0 Å². The van der Waals surface area contributed by atoms with Gasteiger partial charge in [-0.2, -0.15) is 0 Å². The molecule has 1 heterocycles. The van der Waals surface area contributed by atoms with Crippen LogP contribution in [0.1, 0.15) is 12.7 Å². The van der Waals surface area contributed by atoms with Gasteiger partial charge in [0, 0.05) is 14.2 Å². The van der Waals surface area contributed by atoms with E-state index in [1.807, 2.05) is 19.1 Å². The van der Waals surface area contributed by atoms with Crippen LogP contribution in [0, 0.1) is 0 Å². The Hall–Kier alpha value is -0.840. The van der Waals surface area contributed by atoms with Crippen molar-refractivity contribution in [2.45, 2.75) is 25.8 Å². The van der Waals surface area contributed by atoms with E-state index in [2.05, 4.69) is 5.32 Å². The first-order chi connectivity index (χ1) is 6.77. The number of nitrogens with one attached hydrogen (secondary N) is 1. The molecule has 0 spiro atoms. The van der Waals surface area contributed by atoms with Crippen molar-refractivity contribution in [2.24, 2.45) is 0 Å². The number of ether oxygens (including phenoxy) is 2. The van der Waals surface area contributed by atoms with Crippen molar-refractivity contribution in [3.8, 4) is 0 Å². The average Bonchev–Trinajstić information content (AvgIpc) is 2.69. The molecule has 1 unspecified atom stereocenters. The lowest BCUT2D eigenvalue weighted by atomic mass is 10.3. The summed E-state index contributed by atoms with van der Waals surface area (Å²) in [6.07, 6.45) is 1.43. The van der Waals surface area contributed by atoms with Gasteiger partial charge in [-0.3, -0.25) is 0 Å². The highest BCUT2D eigenvalue weighted by Crippen LogP contribution is 2.02. The van der Waals surface area contributed by atoms with Crippen molar-refractivity contribution in [3.05, 3.63) is 24.2 Å². The first-order valence-electron chi connectivity index (χ1n) is 4.59. The monoisotopic (exact) mass is 199 g/mol. The lowest BCUT2D eigenvalue weighted by molar-refractivity contribution is -0.119. The molecule has 1 N–H and O–H groups in total. The van der Waals surface area contributed by atoms with E-state index in [9.17, 15) is 0 Å². The third kappa shape index (κ3) is 3.14. The Morgan fingerprint density at radius 1 is 1.43 bits per heavy atom. The standard InChI is InChI=1S/C10H17NO3/c1-8(10(12-2)13-3)11-7-9-5-4-6-14-9/h4-6,8,10-11H,7H2,1-3H3. The highest BCUT2D eigenvalue weighted by molar-refractivity contribution is 4.97. The van der Waals surface area contributed by atoms with Crippen molar-refractivity contribution in [1.29, 1.82) is 0 Å². The Morgan fingerprint density at radius 2 is 2.14 bits per heavy atom. The normalized spacial score (nSPS) is 13.4. The van der Waals surface area contributed by atoms with Crippen molar-refractivity contribution < 1.29 is 13.9 Å². The molecular weight excluding hydrogens is 182 g/mol. The van der Waals surface area contributed by atoms with Crippen LogP contribution in [0.2, 0.25) is 0 Å². The van der Waals surface area contributed by atoms with Gasteiger partial charge in [-0.25, -0.2) is 0 Å². The fraction of sp³-hybridized carbons (Fsp3) is 0.600. The van der Waals surface area contributed by atoms with Gasteiger partial charge < -0.3 is 19.2 Å². The Bertz CT molecular complexity index is 232. The van der Waals surface area contributed by atoms with Crippen LogP contribution in [0.25, 0.3) is 0 Å². The van der Waals surface area contributed by atoms with Gasteiger partial charge >= 0.3 is 0 Å². The molecule has 4 heteroatoms. The lowest BCUT2D eigenvalue weighted by Crippen LogP contribution is -2.39. The minimum Gasteiger partial charge on any atom is -0.468 e. The second-order valence-corrected chi connectivity index (χ2v) is 3.09. The Morgan fingerprint density at radius 3 is 2.64 bits per heavy atom. The highest BCUT2D eigenvalue weighted by atomic mass is 16.7. The molecule has 0 saturated heterocycles. The number of hydrogen-bond acceptors (Lipinski definition) is 4. The molecule has 0 aliphatic carbocycles. The first-order valence-corrected chi connectivity index (χ1v) is 4.59. The van der Waals surface area contributed by atoms with Gasteiger partial charge in [-0.15, -0.1) is 0 Å². The van der Waals surface area contributed by atoms with Crippen molar-refractivity contribution in [1.82, 2.24) is 5.32 Å². The summed E-state index contributed by atoms with van der Waals surface area (Å²) in [4.78, 5) is 0. The third-order valence-electron chi connectivity index (χ3n) is 2.05. The van der Waals surface area contributed by atoms with Crippen molar-refractivity contribution >= 4 is 0 Å². The van der Waals surface area contributed by atoms with E-state index in [-0.39, 0.29) is 12.3 Å². The quantitative estimate of drug-likeness (QED) is 0.703. The topological polar surface area (TPSA) is 43.6 Å². The number of rotatable bonds is 6. The van der Waals surface area contributed by atoms with Crippen LogP contribution in [-0.2, 0) is 16.0 Å². The van der Waals surface area contributed by atoms with Crippen molar-refractivity contribution in [2.75, 3.05) is 14.2 Å². The molecule has 0 bridgehead atoms. The molecule has 0 aliphatic heterocycles. The molecule has 0 radical (unpaired) electrons. The molecule has 0 amide bonds. The minimum atomic E-state index is -0.232. The average molecular weight is 199 g/mol. The zero-order chi connectivity index (χ0) is 10.4. The van der Waals surface area contributed by atoms with E-state index in [1.165, 1.54) is 0 Å². The van der Waals surface area contributed by atoms with E-state index in [0.29, 0.717) is 6.54 Å². The molecule has 0 aliphatic rings. The van der Waals surface area contributed by atoms with Gasteiger partial charge in [0.15, 0.2) is 6.29 Å². The van der Waals surface area contributed by atoms with Gasteiger partial charge in [0.05, 0.1) is 18.8 Å². The van der Waals surface area contributed by atoms with Crippen molar-refractivity contribution in [3.63, 3.8) is 0 Å². The minimum absolute atomic E-state index is 0.120. The fourth-order valence-electron chi connectivity index (χ4n) is 1.28. The zero-order valence-corrected chi connectivity index (χ0v) is 8.82. The molecule has 4 nitrogen and oxygen atoms in total. The van der Waals surface area contributed by atoms with Crippen LogP contribution in [0.5, 0.6) is 0 Å². The summed E-state index contributed by atoms with van der Waals surface area (Å²) in [5.74, 6) is 0.905. The van der Waals surface area contributed by atoms with E-state index in [0.717, 1.165) is 5.76 Å². The predicted octanol–water partition coefficient (Wildman–Crippen LogP) is 1.38. The Kier molecular flexibility index (Phi) is 4.65. The van der Waals surface area contributed by atoms with Crippen LogP contribution in [0.4, 0.5) is 0 Å². The Balaban J connectivity index is 2.30. The second kappa shape index (κ2) is 5.80. The molecule has 0 saturated carbocycles. The molecule has 14 heavy (non-hydrogen) atoms. The molecule has 1 aromatic rings. The van der Waals surface area contributed by atoms with Crippen LogP contribution in [0.15, 0.2) is 22.8 Å². The Labute approximate surface area is 84.2 Å². The van der Waals surface area contributed by atoms with E-state index in [1.54, 1.807) is 20.5 Å². The molecule has 1 atom stereocenters. The fourth-order valence-corrected chi connectivity index (χ4v) is 1.28. The number of methoxy groups -OCH3 is 2. The molecule has 80 valence electrons. The summed E-state index contributed by atoms with van der Waals surface area (Å²) >= 11 is 0. The van der Waals surface area contributed by atoms with Gasteiger partial charge in [0.2, 0.25) is 0 Å². The van der Waals surface area contributed by atoms with Gasteiger partial charge in [0.1, 0.15) is 5.76 Å². The highest BCUT2D eigenvalue weighted by Gasteiger charge is 2.14. The molecule has 0 aromatic carbocycles. The first kappa shape index (κ1) is 11.2. The maximum atomic E-state index is 5.19. The molecule has 1 aromatic heterocycles. The largest absolute Gasteiger partial charge is 0.468 e. The van der Waals surface area contributed by atoms with Crippen LogP contribution < -0.4 is 5.32 Å². The van der Waals surface area contributed by atoms with Crippen LogP contribution in [-0.4, -0.2) is 26.6 Å². The maximum absolute atomic E-state index is 5.19. The summed E-state index contributed by atoms with van der Waals surface area (Å²) in [7, 11) is 3.25.